The van der Waals surface area contributed by atoms with Crippen molar-refractivity contribution in [2.24, 2.45) is 10.1 Å². The minimum absolute atomic E-state index is 0.842. The van der Waals surface area contributed by atoms with Crippen LogP contribution in [0.15, 0.2) is 46.5 Å². The molecular weight excluding hydrogens is 212 g/mol. The summed E-state index contributed by atoms with van der Waals surface area (Å²) in [6.07, 6.45) is 4.05. The zero-order valence-corrected chi connectivity index (χ0v) is 9.72. The summed E-state index contributed by atoms with van der Waals surface area (Å²) < 4.78 is 0. The summed E-state index contributed by atoms with van der Waals surface area (Å²) in [5, 5.41) is 9.65. The van der Waals surface area contributed by atoms with Crippen LogP contribution in [0.1, 0.15) is 5.56 Å². The molecule has 0 aromatic heterocycles. The van der Waals surface area contributed by atoms with Gasteiger partial charge in [0.25, 0.3) is 0 Å². The molecule has 0 saturated carbocycles. The summed E-state index contributed by atoms with van der Waals surface area (Å²) in [5.74, 6) is 0.973. The third-order valence-electron chi connectivity index (χ3n) is 2.94. The minimum Gasteiger partial charge on any atom is -0.388 e. The van der Waals surface area contributed by atoms with Gasteiger partial charge in [-0.3, -0.25) is 4.99 Å². The van der Waals surface area contributed by atoms with Crippen molar-refractivity contribution in [3.8, 4) is 0 Å². The molecule has 0 aliphatic carbocycles. The van der Waals surface area contributed by atoms with Crippen molar-refractivity contribution in [2.45, 2.75) is 0 Å². The van der Waals surface area contributed by atoms with Gasteiger partial charge in [-0.1, -0.05) is 12.1 Å². The minimum atomic E-state index is 0.842. The van der Waals surface area contributed by atoms with Crippen LogP contribution in [0.25, 0.3) is 0 Å². The van der Waals surface area contributed by atoms with Crippen LogP contribution in [-0.2, 0) is 0 Å². The fourth-order valence-corrected chi connectivity index (χ4v) is 1.97. The smallest absolute Gasteiger partial charge is 0.144 e. The van der Waals surface area contributed by atoms with Crippen LogP contribution < -0.4 is 5.32 Å². The van der Waals surface area contributed by atoms with E-state index in [0.29, 0.717) is 0 Å². The number of hydrogen-bond acceptors (Lipinski definition) is 4. The van der Waals surface area contributed by atoms with Crippen LogP contribution in [0, 0.1) is 0 Å². The molecule has 0 radical (unpaired) electrons. The van der Waals surface area contributed by atoms with Crippen molar-refractivity contribution in [3.63, 3.8) is 0 Å². The van der Waals surface area contributed by atoms with Crippen molar-refractivity contribution < 1.29 is 0 Å². The van der Waals surface area contributed by atoms with E-state index in [2.05, 4.69) is 39.7 Å². The van der Waals surface area contributed by atoms with Crippen molar-refractivity contribution in [3.05, 3.63) is 42.0 Å². The highest BCUT2D eigenvalue weighted by Gasteiger charge is 2.18. The lowest BCUT2D eigenvalue weighted by molar-refractivity contribution is 0.490. The number of hydrazone groups is 1. The van der Waals surface area contributed by atoms with Crippen LogP contribution in [0.5, 0.6) is 0 Å². The van der Waals surface area contributed by atoms with E-state index in [4.69, 9.17) is 0 Å². The molecule has 86 valence electrons. The lowest BCUT2D eigenvalue weighted by Crippen LogP contribution is -2.25. The number of amidine groups is 1. The second kappa shape index (κ2) is 4.05. The van der Waals surface area contributed by atoms with Gasteiger partial charge >= 0.3 is 0 Å². The second-order valence-corrected chi connectivity index (χ2v) is 4.01. The summed E-state index contributed by atoms with van der Waals surface area (Å²) in [6, 6.07) is 8.26. The van der Waals surface area contributed by atoms with Gasteiger partial charge in [0.15, 0.2) is 0 Å². The standard InChI is InChI=1S/C13H14N4/c1-14-11-4-2-10(3-5-11)12-6-7-13-15-8-9-17(13)16-12/h2-7,14H,8-9H2,1H3. The average molecular weight is 226 g/mol. The maximum absolute atomic E-state index is 4.58. The second-order valence-electron chi connectivity index (χ2n) is 4.01. The van der Waals surface area contributed by atoms with Gasteiger partial charge in [-0.05, 0) is 24.3 Å². The fraction of sp³-hybridized carbons (Fsp3) is 0.231. The van der Waals surface area contributed by atoms with E-state index in [1.54, 1.807) is 0 Å². The highest BCUT2D eigenvalue weighted by Crippen LogP contribution is 2.15. The number of benzene rings is 1. The predicted octanol–water partition coefficient (Wildman–Crippen LogP) is 1.72. The largest absolute Gasteiger partial charge is 0.388 e. The number of fused-ring (bicyclic) bond motifs is 1. The van der Waals surface area contributed by atoms with E-state index in [-0.39, 0.29) is 0 Å². The summed E-state index contributed by atoms with van der Waals surface area (Å²) in [7, 11) is 1.92. The molecule has 3 rings (SSSR count). The van der Waals surface area contributed by atoms with Crippen molar-refractivity contribution in [2.75, 3.05) is 25.5 Å². The Morgan fingerprint density at radius 3 is 2.76 bits per heavy atom. The molecule has 1 N–H and O–H groups in total. The highest BCUT2D eigenvalue weighted by molar-refractivity contribution is 6.14. The molecule has 2 aliphatic rings. The topological polar surface area (TPSA) is 40.0 Å². The Morgan fingerprint density at radius 1 is 1.18 bits per heavy atom. The number of nitrogens with zero attached hydrogens (tertiary/aromatic N) is 3. The van der Waals surface area contributed by atoms with E-state index in [1.165, 1.54) is 0 Å². The third-order valence-corrected chi connectivity index (χ3v) is 2.94. The zero-order chi connectivity index (χ0) is 11.7. The van der Waals surface area contributed by atoms with Crippen molar-refractivity contribution in [1.29, 1.82) is 0 Å². The zero-order valence-electron chi connectivity index (χ0n) is 9.72. The Labute approximate surface area is 100 Å². The number of rotatable bonds is 2. The monoisotopic (exact) mass is 226 g/mol. The van der Waals surface area contributed by atoms with E-state index in [9.17, 15) is 0 Å². The average Bonchev–Trinajstić information content (AvgIpc) is 2.86. The van der Waals surface area contributed by atoms with Crippen LogP contribution in [-0.4, -0.2) is 36.7 Å². The van der Waals surface area contributed by atoms with Gasteiger partial charge in [0.05, 0.1) is 18.8 Å². The molecule has 4 nitrogen and oxygen atoms in total. The Bertz CT molecular complexity index is 511. The molecule has 0 spiro atoms. The molecule has 1 aromatic carbocycles. The first kappa shape index (κ1) is 10.1. The normalized spacial score (nSPS) is 17.6. The molecule has 0 fully saturated rings. The van der Waals surface area contributed by atoms with Crippen LogP contribution in [0.3, 0.4) is 0 Å². The first-order valence-corrected chi connectivity index (χ1v) is 5.74. The number of aliphatic imine (C=N–C) groups is 1. The Hall–Kier alpha value is -2.10. The maximum atomic E-state index is 4.58. The third kappa shape index (κ3) is 1.82. The molecule has 1 aromatic rings. The SMILES string of the molecule is CNc1ccc(C2=NN3CCN=C3C=C2)cc1. The summed E-state index contributed by atoms with van der Waals surface area (Å²) in [4.78, 5) is 4.35. The van der Waals surface area contributed by atoms with E-state index in [1.807, 2.05) is 24.2 Å². The molecule has 2 aliphatic heterocycles. The molecule has 17 heavy (non-hydrogen) atoms. The van der Waals surface area contributed by atoms with E-state index in [0.717, 1.165) is 35.9 Å². The van der Waals surface area contributed by atoms with Gasteiger partial charge < -0.3 is 5.32 Å². The predicted molar refractivity (Wildman–Crippen MR) is 70.7 cm³/mol. The molecular formula is C13H14N4. The number of anilines is 1. The van der Waals surface area contributed by atoms with Crippen LogP contribution >= 0.6 is 0 Å². The Kier molecular flexibility index (Phi) is 2.40. The van der Waals surface area contributed by atoms with Crippen molar-refractivity contribution >= 4 is 17.2 Å². The number of allylic oxidation sites excluding steroid dienone is 1. The molecule has 0 saturated heterocycles. The fourth-order valence-electron chi connectivity index (χ4n) is 1.97. The first-order chi connectivity index (χ1) is 8.36. The first-order valence-electron chi connectivity index (χ1n) is 5.74. The Morgan fingerprint density at radius 2 is 2.00 bits per heavy atom. The lowest BCUT2D eigenvalue weighted by Gasteiger charge is -2.17. The summed E-state index contributed by atoms with van der Waals surface area (Å²) in [5.41, 5.74) is 3.23. The van der Waals surface area contributed by atoms with Gasteiger partial charge in [-0.15, -0.1) is 0 Å². The molecule has 0 bridgehead atoms. The van der Waals surface area contributed by atoms with E-state index >= 15 is 0 Å². The molecule has 0 unspecified atom stereocenters. The van der Waals surface area contributed by atoms with E-state index < -0.39 is 0 Å². The number of hydrogen-bond donors (Lipinski definition) is 1. The maximum Gasteiger partial charge on any atom is 0.144 e. The van der Waals surface area contributed by atoms with Gasteiger partial charge in [0.2, 0.25) is 0 Å². The molecule has 0 amide bonds. The van der Waals surface area contributed by atoms with Gasteiger partial charge in [0.1, 0.15) is 5.84 Å². The van der Waals surface area contributed by atoms with Crippen molar-refractivity contribution in [1.82, 2.24) is 5.01 Å². The van der Waals surface area contributed by atoms with Gasteiger partial charge in [-0.2, -0.15) is 5.10 Å². The van der Waals surface area contributed by atoms with Crippen LogP contribution in [0.4, 0.5) is 5.69 Å². The molecule has 0 atom stereocenters. The lowest BCUT2D eigenvalue weighted by atomic mass is 10.1. The number of nitrogens with one attached hydrogen (secondary N) is 1. The summed E-state index contributed by atoms with van der Waals surface area (Å²) >= 11 is 0. The molecule has 2 heterocycles. The highest BCUT2D eigenvalue weighted by atomic mass is 15.5. The summed E-state index contributed by atoms with van der Waals surface area (Å²) in [6.45, 7) is 1.73. The van der Waals surface area contributed by atoms with Gasteiger partial charge in [-0.25, -0.2) is 5.01 Å². The Balaban J connectivity index is 1.89. The quantitative estimate of drug-likeness (QED) is 0.834. The van der Waals surface area contributed by atoms with Gasteiger partial charge in [0, 0.05) is 18.3 Å². The molecule has 4 heteroatoms. The van der Waals surface area contributed by atoms with Crippen LogP contribution in [0.2, 0.25) is 0 Å².